The van der Waals surface area contributed by atoms with Crippen LogP contribution in [-0.4, -0.2) is 0 Å². The Morgan fingerprint density at radius 2 is 0.778 bits per heavy atom. The van der Waals surface area contributed by atoms with Crippen LogP contribution in [0.25, 0.3) is 53.9 Å². The molecule has 0 saturated heterocycles. The van der Waals surface area contributed by atoms with Crippen LogP contribution >= 0.6 is 0 Å². The fraction of sp³-hybridized carbons (Fsp3) is 0.0370. The maximum absolute atomic E-state index is 2.34. The van der Waals surface area contributed by atoms with Gasteiger partial charge in [0.2, 0.25) is 0 Å². The monoisotopic (exact) mass is 342 g/mol. The maximum Gasteiger partial charge on any atom is -0.0148 e. The fourth-order valence-electron chi connectivity index (χ4n) is 4.38. The van der Waals surface area contributed by atoms with Gasteiger partial charge in [-0.05, 0) is 115 Å². The summed E-state index contributed by atoms with van der Waals surface area (Å²) in [6, 6.07) is 33.7. The van der Waals surface area contributed by atoms with Gasteiger partial charge in [0.05, 0.1) is 0 Å². The van der Waals surface area contributed by atoms with Crippen molar-refractivity contribution in [3.63, 3.8) is 0 Å². The normalized spacial score (nSPS) is 11.9. The van der Waals surface area contributed by atoms with Gasteiger partial charge in [0, 0.05) is 0 Å². The highest BCUT2D eigenvalue weighted by Gasteiger charge is 2.05. The Morgan fingerprint density at radius 1 is 0.370 bits per heavy atom. The minimum Gasteiger partial charge on any atom is -0.0616 e. The topological polar surface area (TPSA) is 0 Å². The van der Waals surface area contributed by atoms with Crippen molar-refractivity contribution in [3.8, 4) is 0 Å². The molecule has 0 heterocycles. The summed E-state index contributed by atoms with van der Waals surface area (Å²) in [5.41, 5.74) is 1.33. The molecule has 0 fully saturated rings. The van der Waals surface area contributed by atoms with Crippen molar-refractivity contribution in [2.24, 2.45) is 0 Å². The molecule has 0 heteroatoms. The Hall–Kier alpha value is -3.38. The van der Waals surface area contributed by atoms with Crippen LogP contribution in [0.4, 0.5) is 0 Å². The van der Waals surface area contributed by atoms with Gasteiger partial charge in [-0.25, -0.2) is 0 Å². The van der Waals surface area contributed by atoms with E-state index in [1.807, 2.05) is 0 Å². The van der Waals surface area contributed by atoms with Crippen molar-refractivity contribution < 1.29 is 0 Å². The fourth-order valence-corrected chi connectivity index (χ4v) is 4.38. The molecule has 0 atom stereocenters. The van der Waals surface area contributed by atoms with Crippen LogP contribution in [0.15, 0.2) is 91.0 Å². The second-order valence-electron chi connectivity index (χ2n) is 7.59. The van der Waals surface area contributed by atoms with Crippen molar-refractivity contribution in [2.45, 2.75) is 6.92 Å². The van der Waals surface area contributed by atoms with Crippen LogP contribution in [-0.2, 0) is 0 Å². The molecule has 6 aromatic rings. The van der Waals surface area contributed by atoms with E-state index >= 15 is 0 Å². The van der Waals surface area contributed by atoms with Gasteiger partial charge < -0.3 is 0 Å². The van der Waals surface area contributed by atoms with E-state index in [9.17, 15) is 0 Å². The van der Waals surface area contributed by atoms with E-state index in [4.69, 9.17) is 0 Å². The largest absolute Gasteiger partial charge is 0.0616 e. The van der Waals surface area contributed by atoms with Crippen LogP contribution in [0.3, 0.4) is 0 Å². The van der Waals surface area contributed by atoms with Gasteiger partial charge in [0.25, 0.3) is 0 Å². The van der Waals surface area contributed by atoms with Gasteiger partial charge in [0.1, 0.15) is 0 Å². The molecule has 0 aliphatic heterocycles. The van der Waals surface area contributed by atoms with Crippen LogP contribution in [0.1, 0.15) is 5.56 Å². The molecule has 126 valence electrons. The molecule has 0 unspecified atom stereocenters. The van der Waals surface area contributed by atoms with E-state index in [1.165, 1.54) is 59.4 Å². The van der Waals surface area contributed by atoms with Gasteiger partial charge in [-0.3, -0.25) is 0 Å². The first kappa shape index (κ1) is 14.8. The third-order valence-electron chi connectivity index (χ3n) is 5.83. The zero-order valence-electron chi connectivity index (χ0n) is 15.2. The van der Waals surface area contributed by atoms with E-state index in [0.717, 1.165) is 0 Å². The lowest BCUT2D eigenvalue weighted by atomic mass is 9.95. The minimum absolute atomic E-state index is 1.30. The highest BCUT2D eigenvalue weighted by molar-refractivity contribution is 6.10. The predicted molar refractivity (Wildman–Crippen MR) is 119 cm³/mol. The number of aryl methyl sites for hydroxylation is 1. The number of hydrogen-bond donors (Lipinski definition) is 0. The molecule has 0 saturated carbocycles. The van der Waals surface area contributed by atoms with Crippen molar-refractivity contribution in [2.75, 3.05) is 0 Å². The highest BCUT2D eigenvalue weighted by Crippen LogP contribution is 2.32. The number of rotatable bonds is 0. The van der Waals surface area contributed by atoms with Crippen molar-refractivity contribution >= 4 is 53.9 Å². The van der Waals surface area contributed by atoms with E-state index in [2.05, 4.69) is 97.9 Å². The zero-order valence-corrected chi connectivity index (χ0v) is 15.2. The molecule has 0 N–H and O–H groups in total. The zero-order chi connectivity index (χ0) is 18.0. The lowest BCUT2D eigenvalue weighted by Gasteiger charge is -2.09. The molecule has 0 spiro atoms. The molecule has 6 aromatic carbocycles. The predicted octanol–water partition coefficient (Wildman–Crippen LogP) is 7.76. The summed E-state index contributed by atoms with van der Waals surface area (Å²) in [5.74, 6) is 0. The maximum atomic E-state index is 2.34. The van der Waals surface area contributed by atoms with Gasteiger partial charge in [-0.15, -0.1) is 0 Å². The Bertz CT molecular complexity index is 1520. The molecule has 0 amide bonds. The molecule has 6 rings (SSSR count). The van der Waals surface area contributed by atoms with Crippen LogP contribution in [0.5, 0.6) is 0 Å². The van der Waals surface area contributed by atoms with Crippen LogP contribution in [0.2, 0.25) is 0 Å². The summed E-state index contributed by atoms with van der Waals surface area (Å²) in [6.45, 7) is 2.19. The Kier molecular flexibility index (Phi) is 2.90. The Labute approximate surface area is 157 Å². The van der Waals surface area contributed by atoms with Crippen LogP contribution < -0.4 is 0 Å². The average molecular weight is 342 g/mol. The molecule has 0 radical (unpaired) electrons. The second-order valence-corrected chi connectivity index (χ2v) is 7.59. The quantitative estimate of drug-likeness (QED) is 0.247. The molecule has 0 aromatic heterocycles. The minimum atomic E-state index is 1.30. The summed E-state index contributed by atoms with van der Waals surface area (Å²) in [6.07, 6.45) is 0. The lowest BCUT2D eigenvalue weighted by Crippen LogP contribution is -1.83. The first-order chi connectivity index (χ1) is 13.2. The van der Waals surface area contributed by atoms with E-state index in [1.54, 1.807) is 0 Å². The summed E-state index contributed by atoms with van der Waals surface area (Å²) < 4.78 is 0. The summed E-state index contributed by atoms with van der Waals surface area (Å²) in [5, 5.41) is 13.1. The van der Waals surface area contributed by atoms with E-state index in [-0.39, 0.29) is 0 Å². The first-order valence-electron chi connectivity index (χ1n) is 9.44. The SMILES string of the molecule is Cc1cccc2cc3cc4cc5cc6ccccc6cc5cc4cc3cc12. The van der Waals surface area contributed by atoms with Gasteiger partial charge >= 0.3 is 0 Å². The van der Waals surface area contributed by atoms with Gasteiger partial charge in [0.15, 0.2) is 0 Å². The van der Waals surface area contributed by atoms with E-state index < -0.39 is 0 Å². The molecule has 0 nitrogen and oxygen atoms in total. The smallest absolute Gasteiger partial charge is 0.0148 e. The Morgan fingerprint density at radius 3 is 1.33 bits per heavy atom. The molecule has 0 aliphatic rings. The Balaban J connectivity index is 1.71. The molecule has 27 heavy (non-hydrogen) atoms. The molecular formula is C27H18. The summed E-state index contributed by atoms with van der Waals surface area (Å²) in [7, 11) is 0. The summed E-state index contributed by atoms with van der Waals surface area (Å²) >= 11 is 0. The lowest BCUT2D eigenvalue weighted by molar-refractivity contribution is 1.54. The average Bonchev–Trinajstić information content (AvgIpc) is 2.68. The highest BCUT2D eigenvalue weighted by atomic mass is 14.1. The number of fused-ring (bicyclic) bond motifs is 5. The molecule has 0 aliphatic carbocycles. The third kappa shape index (κ3) is 2.23. The van der Waals surface area contributed by atoms with Gasteiger partial charge in [-0.2, -0.15) is 0 Å². The van der Waals surface area contributed by atoms with Gasteiger partial charge in [-0.1, -0.05) is 42.5 Å². The van der Waals surface area contributed by atoms with E-state index in [0.29, 0.717) is 0 Å². The first-order valence-corrected chi connectivity index (χ1v) is 9.44. The summed E-state index contributed by atoms with van der Waals surface area (Å²) in [4.78, 5) is 0. The number of hydrogen-bond acceptors (Lipinski definition) is 0. The van der Waals surface area contributed by atoms with Crippen molar-refractivity contribution in [3.05, 3.63) is 96.6 Å². The molecule has 0 bridgehead atoms. The standard InChI is InChI=1S/C27H18/c1-17-5-4-8-20-11-23-14-24-12-21-9-18-6-2-3-7-19(18)10-22(21)13-25(24)15-26(23)16-27(17)20/h2-16H,1H3. The van der Waals surface area contributed by atoms with Crippen molar-refractivity contribution in [1.29, 1.82) is 0 Å². The van der Waals surface area contributed by atoms with Crippen molar-refractivity contribution in [1.82, 2.24) is 0 Å². The molecular weight excluding hydrogens is 324 g/mol. The number of benzene rings is 6. The second kappa shape index (κ2) is 5.31. The third-order valence-corrected chi connectivity index (χ3v) is 5.83. The van der Waals surface area contributed by atoms with Crippen LogP contribution in [0, 0.1) is 6.92 Å².